The van der Waals surface area contributed by atoms with Gasteiger partial charge >= 0.3 is 0 Å². The summed E-state index contributed by atoms with van der Waals surface area (Å²) in [6.45, 7) is 4.69. The molecule has 5 heteroatoms. The second-order valence-electron chi connectivity index (χ2n) is 6.62. The summed E-state index contributed by atoms with van der Waals surface area (Å²) in [7, 11) is 0. The molecule has 2 aromatic rings. The fourth-order valence-corrected chi connectivity index (χ4v) is 3.18. The van der Waals surface area contributed by atoms with E-state index in [9.17, 15) is 9.59 Å². The van der Waals surface area contributed by atoms with E-state index in [0.29, 0.717) is 12.2 Å². The third kappa shape index (κ3) is 4.04. The Labute approximate surface area is 154 Å². The van der Waals surface area contributed by atoms with Crippen molar-refractivity contribution in [3.8, 4) is 5.75 Å². The van der Waals surface area contributed by atoms with Crippen molar-refractivity contribution in [2.45, 2.75) is 32.7 Å². The van der Waals surface area contributed by atoms with E-state index in [1.807, 2.05) is 56.3 Å². The van der Waals surface area contributed by atoms with Crippen molar-refractivity contribution in [3.05, 3.63) is 54.6 Å². The number of anilines is 2. The maximum Gasteiger partial charge on any atom is 0.265 e. The highest BCUT2D eigenvalue weighted by atomic mass is 16.5. The molecule has 0 N–H and O–H groups in total. The lowest BCUT2D eigenvalue weighted by atomic mass is 10.2. The molecule has 2 amide bonds. The number of nitrogens with zero attached hydrogens (tertiary/aromatic N) is 2. The highest BCUT2D eigenvalue weighted by Crippen LogP contribution is 2.24. The molecule has 3 rings (SSSR count). The lowest BCUT2D eigenvalue weighted by Gasteiger charge is -2.27. The van der Waals surface area contributed by atoms with Gasteiger partial charge in [0.1, 0.15) is 5.75 Å². The number of amides is 2. The molecule has 0 unspecified atom stereocenters. The van der Waals surface area contributed by atoms with Crippen molar-refractivity contribution in [1.29, 1.82) is 0 Å². The van der Waals surface area contributed by atoms with Gasteiger partial charge < -0.3 is 14.5 Å². The minimum atomic E-state index is -0.0926. The van der Waals surface area contributed by atoms with Crippen LogP contribution in [0.4, 0.5) is 11.4 Å². The first-order valence-electron chi connectivity index (χ1n) is 8.96. The van der Waals surface area contributed by atoms with Gasteiger partial charge in [0.25, 0.3) is 5.91 Å². The van der Waals surface area contributed by atoms with Gasteiger partial charge in [-0.2, -0.15) is 0 Å². The van der Waals surface area contributed by atoms with Crippen molar-refractivity contribution in [3.63, 3.8) is 0 Å². The number of benzene rings is 2. The average Bonchev–Trinajstić information content (AvgIpc) is 3.07. The molecule has 0 aliphatic carbocycles. The SMILES string of the molecule is CC(C)N(C(=O)COc1ccc(N2CCCC2=O)cc1)c1ccccc1. The van der Waals surface area contributed by atoms with Gasteiger partial charge in [0.05, 0.1) is 0 Å². The van der Waals surface area contributed by atoms with Gasteiger partial charge in [-0.1, -0.05) is 18.2 Å². The number of carbonyl (C=O) groups excluding carboxylic acids is 2. The van der Waals surface area contributed by atoms with Gasteiger partial charge in [0.15, 0.2) is 6.61 Å². The standard InChI is InChI=1S/C21H24N2O3/c1-16(2)23(18-7-4-3-5-8-18)21(25)15-26-19-12-10-17(11-13-19)22-14-6-9-20(22)24/h3-5,7-8,10-13,16H,6,9,14-15H2,1-2H3. The monoisotopic (exact) mass is 352 g/mol. The number of carbonyl (C=O) groups is 2. The molecule has 2 aromatic carbocycles. The molecule has 1 heterocycles. The van der Waals surface area contributed by atoms with Crippen molar-refractivity contribution >= 4 is 23.2 Å². The predicted octanol–water partition coefficient (Wildman–Crippen LogP) is 3.63. The van der Waals surface area contributed by atoms with Gasteiger partial charge in [-0.25, -0.2) is 0 Å². The van der Waals surface area contributed by atoms with E-state index in [2.05, 4.69) is 0 Å². The molecular formula is C21H24N2O3. The summed E-state index contributed by atoms with van der Waals surface area (Å²) in [4.78, 5) is 27.9. The third-order valence-electron chi connectivity index (χ3n) is 4.40. The van der Waals surface area contributed by atoms with Crippen LogP contribution in [0.2, 0.25) is 0 Å². The number of hydrogen-bond acceptors (Lipinski definition) is 3. The van der Waals surface area contributed by atoms with Crippen LogP contribution in [0.25, 0.3) is 0 Å². The van der Waals surface area contributed by atoms with E-state index in [4.69, 9.17) is 4.74 Å². The zero-order valence-electron chi connectivity index (χ0n) is 15.2. The second kappa shape index (κ2) is 8.04. The molecule has 5 nitrogen and oxygen atoms in total. The zero-order chi connectivity index (χ0) is 18.5. The summed E-state index contributed by atoms with van der Waals surface area (Å²) in [6.07, 6.45) is 1.51. The summed E-state index contributed by atoms with van der Waals surface area (Å²) >= 11 is 0. The second-order valence-corrected chi connectivity index (χ2v) is 6.62. The largest absolute Gasteiger partial charge is 0.484 e. The van der Waals surface area contributed by atoms with Crippen molar-refractivity contribution in [1.82, 2.24) is 0 Å². The lowest BCUT2D eigenvalue weighted by Crippen LogP contribution is -2.40. The van der Waals surface area contributed by atoms with Crippen LogP contribution >= 0.6 is 0 Å². The lowest BCUT2D eigenvalue weighted by molar-refractivity contribution is -0.121. The Hall–Kier alpha value is -2.82. The summed E-state index contributed by atoms with van der Waals surface area (Å²) in [5, 5.41) is 0. The molecule has 26 heavy (non-hydrogen) atoms. The number of ether oxygens (including phenoxy) is 1. The normalized spacial score (nSPS) is 14.0. The summed E-state index contributed by atoms with van der Waals surface area (Å²) in [5.74, 6) is 0.680. The van der Waals surface area contributed by atoms with Gasteiger partial charge in [-0.05, 0) is 56.7 Å². The van der Waals surface area contributed by atoms with E-state index in [1.54, 1.807) is 21.9 Å². The zero-order valence-corrected chi connectivity index (χ0v) is 15.2. The van der Waals surface area contributed by atoms with E-state index in [-0.39, 0.29) is 24.5 Å². The quantitative estimate of drug-likeness (QED) is 0.798. The van der Waals surface area contributed by atoms with Crippen LogP contribution in [-0.4, -0.2) is 31.0 Å². The summed E-state index contributed by atoms with van der Waals surface area (Å²) in [6, 6.07) is 17.0. The number of para-hydroxylation sites is 1. The predicted molar refractivity (Wildman–Crippen MR) is 103 cm³/mol. The molecule has 1 aliphatic heterocycles. The van der Waals surface area contributed by atoms with Crippen molar-refractivity contribution in [2.24, 2.45) is 0 Å². The van der Waals surface area contributed by atoms with E-state index in [1.165, 1.54) is 0 Å². The molecule has 0 bridgehead atoms. The fraction of sp³-hybridized carbons (Fsp3) is 0.333. The van der Waals surface area contributed by atoms with Crippen LogP contribution in [0.1, 0.15) is 26.7 Å². The fourth-order valence-electron chi connectivity index (χ4n) is 3.18. The van der Waals surface area contributed by atoms with Crippen LogP contribution in [0.15, 0.2) is 54.6 Å². The van der Waals surface area contributed by atoms with Crippen molar-refractivity contribution < 1.29 is 14.3 Å². The Balaban J connectivity index is 1.62. The van der Waals surface area contributed by atoms with E-state index < -0.39 is 0 Å². The van der Waals surface area contributed by atoms with Crippen LogP contribution in [0, 0.1) is 0 Å². The summed E-state index contributed by atoms with van der Waals surface area (Å²) < 4.78 is 5.67. The minimum Gasteiger partial charge on any atom is -0.484 e. The molecule has 0 aromatic heterocycles. The Morgan fingerprint density at radius 3 is 2.38 bits per heavy atom. The Morgan fingerprint density at radius 1 is 1.12 bits per heavy atom. The highest BCUT2D eigenvalue weighted by molar-refractivity contribution is 5.96. The van der Waals surface area contributed by atoms with Crippen LogP contribution in [-0.2, 0) is 9.59 Å². The molecule has 0 saturated carbocycles. The smallest absolute Gasteiger partial charge is 0.265 e. The highest BCUT2D eigenvalue weighted by Gasteiger charge is 2.22. The molecule has 1 fully saturated rings. The molecule has 0 spiro atoms. The van der Waals surface area contributed by atoms with Crippen molar-refractivity contribution in [2.75, 3.05) is 23.0 Å². The first-order chi connectivity index (χ1) is 12.6. The van der Waals surface area contributed by atoms with Crippen LogP contribution in [0.3, 0.4) is 0 Å². The van der Waals surface area contributed by atoms with Crippen LogP contribution in [0.5, 0.6) is 5.75 Å². The molecule has 1 aliphatic rings. The average molecular weight is 352 g/mol. The van der Waals surface area contributed by atoms with Gasteiger partial charge in [0, 0.05) is 30.4 Å². The number of hydrogen-bond donors (Lipinski definition) is 0. The Bertz CT molecular complexity index is 757. The Kier molecular flexibility index (Phi) is 5.56. The topological polar surface area (TPSA) is 49.9 Å². The third-order valence-corrected chi connectivity index (χ3v) is 4.40. The van der Waals surface area contributed by atoms with Crippen LogP contribution < -0.4 is 14.5 Å². The Morgan fingerprint density at radius 2 is 1.81 bits per heavy atom. The first kappa shape index (κ1) is 18.0. The summed E-state index contributed by atoms with van der Waals surface area (Å²) in [5.41, 5.74) is 1.73. The molecule has 0 radical (unpaired) electrons. The molecular weight excluding hydrogens is 328 g/mol. The van der Waals surface area contributed by atoms with E-state index in [0.717, 1.165) is 24.3 Å². The molecule has 1 saturated heterocycles. The van der Waals surface area contributed by atoms with Gasteiger partial charge in [0.2, 0.25) is 5.91 Å². The number of rotatable bonds is 6. The maximum atomic E-state index is 12.6. The van der Waals surface area contributed by atoms with Gasteiger partial charge in [-0.3, -0.25) is 9.59 Å². The maximum absolute atomic E-state index is 12.6. The first-order valence-corrected chi connectivity index (χ1v) is 8.96. The minimum absolute atomic E-state index is 0.0327. The van der Waals surface area contributed by atoms with Gasteiger partial charge in [-0.15, -0.1) is 0 Å². The molecule has 0 atom stereocenters. The molecule has 136 valence electrons. The van der Waals surface area contributed by atoms with E-state index >= 15 is 0 Å².